The van der Waals surface area contributed by atoms with Gasteiger partial charge in [0, 0.05) is 29.6 Å². The Morgan fingerprint density at radius 2 is 2.03 bits per heavy atom. The molecule has 1 amide bonds. The number of nitrogens with one attached hydrogen (secondary N) is 1. The first-order valence-corrected chi connectivity index (χ1v) is 10.9. The average Bonchev–Trinajstić information content (AvgIpc) is 3.26. The molecule has 1 aromatic heterocycles. The Bertz CT molecular complexity index is 1130. The lowest BCUT2D eigenvalue weighted by atomic mass is 10.1. The summed E-state index contributed by atoms with van der Waals surface area (Å²) in [7, 11) is 1.37. The summed E-state index contributed by atoms with van der Waals surface area (Å²) in [6, 6.07) is 14.5. The van der Waals surface area contributed by atoms with Crippen LogP contribution in [0.3, 0.4) is 0 Å². The topological polar surface area (TPSA) is 50.8 Å². The van der Waals surface area contributed by atoms with Crippen LogP contribution in [0.4, 0.5) is 20.2 Å². The molecule has 166 valence electrons. The van der Waals surface area contributed by atoms with Crippen molar-refractivity contribution >= 4 is 34.7 Å². The number of para-hydroxylation sites is 3. The van der Waals surface area contributed by atoms with E-state index in [4.69, 9.17) is 4.74 Å². The van der Waals surface area contributed by atoms with E-state index in [1.807, 2.05) is 24.3 Å². The van der Waals surface area contributed by atoms with E-state index in [1.165, 1.54) is 35.8 Å². The van der Waals surface area contributed by atoms with E-state index < -0.39 is 6.61 Å². The molecule has 5 nitrogen and oxygen atoms in total. The first kappa shape index (κ1) is 21.8. The molecule has 32 heavy (non-hydrogen) atoms. The predicted octanol–water partition coefficient (Wildman–Crippen LogP) is 5.57. The van der Waals surface area contributed by atoms with E-state index in [1.54, 1.807) is 23.5 Å². The predicted molar refractivity (Wildman–Crippen MR) is 123 cm³/mol. The van der Waals surface area contributed by atoms with Gasteiger partial charge in [-0.25, -0.2) is 0 Å². The fourth-order valence-electron chi connectivity index (χ4n) is 3.69. The number of methoxy groups -OCH3 is 1. The third-order valence-electron chi connectivity index (χ3n) is 5.16. The Morgan fingerprint density at radius 3 is 2.84 bits per heavy atom. The van der Waals surface area contributed by atoms with Crippen molar-refractivity contribution in [3.8, 4) is 11.5 Å². The highest BCUT2D eigenvalue weighted by Crippen LogP contribution is 2.34. The number of halogens is 2. The minimum absolute atomic E-state index is 0.116. The van der Waals surface area contributed by atoms with E-state index in [-0.39, 0.29) is 17.4 Å². The van der Waals surface area contributed by atoms with Crippen molar-refractivity contribution in [3.05, 3.63) is 76.0 Å². The van der Waals surface area contributed by atoms with E-state index >= 15 is 0 Å². The fourth-order valence-corrected chi connectivity index (χ4v) is 4.58. The van der Waals surface area contributed by atoms with Gasteiger partial charge >= 0.3 is 6.61 Å². The van der Waals surface area contributed by atoms with Crippen molar-refractivity contribution < 1.29 is 23.0 Å². The standard InChI is InChI=1S/C24H22F2N2O3S/c1-30-20-8-4-5-16(23(20)31-24(25)26)9-10-22(29)27-18-6-2-3-7-19(18)28-13-11-21-17(15-28)12-14-32-21/h2-10,12,14,24H,11,13,15H2,1H3,(H,27,29). The summed E-state index contributed by atoms with van der Waals surface area (Å²) in [4.78, 5) is 16.3. The molecular weight excluding hydrogens is 434 g/mol. The number of hydrogen-bond acceptors (Lipinski definition) is 5. The molecule has 2 heterocycles. The molecule has 0 bridgehead atoms. The lowest BCUT2D eigenvalue weighted by molar-refractivity contribution is -0.111. The third kappa shape index (κ3) is 4.91. The van der Waals surface area contributed by atoms with Gasteiger partial charge in [-0.2, -0.15) is 8.78 Å². The largest absolute Gasteiger partial charge is 0.493 e. The molecule has 1 aliphatic rings. The number of ether oxygens (including phenoxy) is 2. The summed E-state index contributed by atoms with van der Waals surface area (Å²) < 4.78 is 35.3. The minimum Gasteiger partial charge on any atom is -0.493 e. The molecule has 1 aliphatic heterocycles. The number of anilines is 2. The van der Waals surface area contributed by atoms with E-state index in [0.29, 0.717) is 11.3 Å². The number of hydrogen-bond donors (Lipinski definition) is 1. The van der Waals surface area contributed by atoms with Crippen LogP contribution in [0.5, 0.6) is 11.5 Å². The van der Waals surface area contributed by atoms with Gasteiger partial charge < -0.3 is 19.7 Å². The molecule has 2 aromatic carbocycles. The lowest BCUT2D eigenvalue weighted by Gasteiger charge is -2.30. The number of amides is 1. The van der Waals surface area contributed by atoms with Gasteiger partial charge in [-0.1, -0.05) is 24.3 Å². The van der Waals surface area contributed by atoms with E-state index in [0.717, 1.165) is 25.2 Å². The summed E-state index contributed by atoms with van der Waals surface area (Å²) in [5.74, 6) is -0.332. The maximum absolute atomic E-state index is 12.8. The van der Waals surface area contributed by atoms with Crippen LogP contribution in [-0.4, -0.2) is 26.2 Å². The molecule has 0 radical (unpaired) electrons. The molecule has 0 saturated carbocycles. The van der Waals surface area contributed by atoms with Crippen LogP contribution in [0, 0.1) is 0 Å². The molecule has 0 aliphatic carbocycles. The molecule has 0 atom stereocenters. The number of rotatable bonds is 7. The molecule has 0 unspecified atom stereocenters. The van der Waals surface area contributed by atoms with Gasteiger partial charge in [0.05, 0.1) is 18.5 Å². The molecule has 3 aromatic rings. The average molecular weight is 457 g/mol. The van der Waals surface area contributed by atoms with Gasteiger partial charge in [-0.3, -0.25) is 4.79 Å². The Kier molecular flexibility index (Phi) is 6.70. The number of benzene rings is 2. The van der Waals surface area contributed by atoms with Crippen LogP contribution in [0.1, 0.15) is 16.0 Å². The van der Waals surface area contributed by atoms with Crippen LogP contribution in [0.2, 0.25) is 0 Å². The Balaban J connectivity index is 1.51. The second kappa shape index (κ2) is 9.82. The van der Waals surface area contributed by atoms with Crippen molar-refractivity contribution in [3.63, 3.8) is 0 Å². The SMILES string of the molecule is COc1cccc(C=CC(=O)Nc2ccccc2N2CCc3sccc3C2)c1OC(F)F. The monoisotopic (exact) mass is 456 g/mol. The highest BCUT2D eigenvalue weighted by Gasteiger charge is 2.20. The number of thiophene rings is 1. The molecule has 0 fully saturated rings. The molecule has 0 spiro atoms. The first-order chi connectivity index (χ1) is 15.5. The maximum atomic E-state index is 12.8. The number of fused-ring (bicyclic) bond motifs is 1. The Morgan fingerprint density at radius 1 is 1.19 bits per heavy atom. The highest BCUT2D eigenvalue weighted by molar-refractivity contribution is 7.10. The molecular formula is C24H22F2N2O3S. The van der Waals surface area contributed by atoms with Gasteiger partial charge in [0.2, 0.25) is 5.91 Å². The van der Waals surface area contributed by atoms with Crippen LogP contribution in [-0.2, 0) is 17.8 Å². The van der Waals surface area contributed by atoms with Crippen LogP contribution in [0.15, 0.2) is 60.0 Å². The fraction of sp³-hybridized carbons (Fsp3) is 0.208. The lowest BCUT2D eigenvalue weighted by Crippen LogP contribution is -2.30. The smallest absolute Gasteiger partial charge is 0.387 e. The Hall–Kier alpha value is -3.39. The van der Waals surface area contributed by atoms with Gasteiger partial charge in [0.15, 0.2) is 11.5 Å². The van der Waals surface area contributed by atoms with E-state index in [9.17, 15) is 13.6 Å². The van der Waals surface area contributed by atoms with Crippen LogP contribution >= 0.6 is 11.3 Å². The quantitative estimate of drug-likeness (QED) is 0.472. The zero-order valence-electron chi connectivity index (χ0n) is 17.4. The molecule has 8 heteroatoms. The number of carbonyl (C=O) groups excluding carboxylic acids is 1. The van der Waals surface area contributed by atoms with Crippen molar-refractivity contribution in [2.75, 3.05) is 23.9 Å². The van der Waals surface area contributed by atoms with Crippen LogP contribution in [0.25, 0.3) is 6.08 Å². The summed E-state index contributed by atoms with van der Waals surface area (Å²) in [6.07, 6.45) is 3.69. The van der Waals surface area contributed by atoms with Gasteiger partial charge in [-0.15, -0.1) is 11.3 Å². The first-order valence-electron chi connectivity index (χ1n) is 10.0. The number of alkyl halides is 2. The second-order valence-electron chi connectivity index (χ2n) is 7.14. The highest BCUT2D eigenvalue weighted by atomic mass is 32.1. The summed E-state index contributed by atoms with van der Waals surface area (Å²) >= 11 is 1.78. The summed E-state index contributed by atoms with van der Waals surface area (Å²) in [5.41, 5.74) is 3.26. The van der Waals surface area contributed by atoms with Gasteiger partial charge in [0.1, 0.15) is 0 Å². The third-order valence-corrected chi connectivity index (χ3v) is 6.18. The maximum Gasteiger partial charge on any atom is 0.387 e. The van der Waals surface area contributed by atoms with Gasteiger partial charge in [-0.05, 0) is 47.7 Å². The van der Waals surface area contributed by atoms with Crippen molar-refractivity contribution in [1.29, 1.82) is 0 Å². The number of nitrogens with zero attached hydrogens (tertiary/aromatic N) is 1. The normalized spacial score (nSPS) is 13.3. The zero-order chi connectivity index (χ0) is 22.5. The molecule has 1 N–H and O–H groups in total. The Labute approximate surface area is 188 Å². The molecule has 0 saturated heterocycles. The number of carbonyl (C=O) groups is 1. The summed E-state index contributed by atoms with van der Waals surface area (Å²) in [5, 5.41) is 5.01. The summed E-state index contributed by atoms with van der Waals surface area (Å²) in [6.45, 7) is -1.35. The molecule has 4 rings (SSSR count). The minimum atomic E-state index is -3.01. The van der Waals surface area contributed by atoms with Crippen LogP contribution < -0.4 is 19.7 Å². The van der Waals surface area contributed by atoms with Crippen molar-refractivity contribution in [2.45, 2.75) is 19.6 Å². The second-order valence-corrected chi connectivity index (χ2v) is 8.14. The zero-order valence-corrected chi connectivity index (χ0v) is 18.2. The van der Waals surface area contributed by atoms with Crippen molar-refractivity contribution in [1.82, 2.24) is 0 Å². The van der Waals surface area contributed by atoms with Crippen molar-refractivity contribution in [2.24, 2.45) is 0 Å². The van der Waals surface area contributed by atoms with Gasteiger partial charge in [0.25, 0.3) is 0 Å². The van der Waals surface area contributed by atoms with E-state index in [2.05, 4.69) is 26.4 Å².